The van der Waals surface area contributed by atoms with Crippen molar-refractivity contribution in [2.24, 2.45) is 11.8 Å². The number of pyridine rings is 1. The van der Waals surface area contributed by atoms with Crippen molar-refractivity contribution in [2.75, 3.05) is 0 Å². The molecule has 2 aromatic rings. The lowest BCUT2D eigenvalue weighted by Crippen LogP contribution is -2.33. The third-order valence-electron chi connectivity index (χ3n) is 3.91. The van der Waals surface area contributed by atoms with Gasteiger partial charge in [0, 0.05) is 17.1 Å². The lowest BCUT2D eigenvalue weighted by molar-refractivity contribution is 0.346. The molecule has 19 heavy (non-hydrogen) atoms. The van der Waals surface area contributed by atoms with Crippen molar-refractivity contribution < 1.29 is 0 Å². The Morgan fingerprint density at radius 2 is 1.89 bits per heavy atom. The highest BCUT2D eigenvalue weighted by Crippen LogP contribution is 2.28. The maximum atomic E-state index is 5.76. The van der Waals surface area contributed by atoms with Gasteiger partial charge in [0.1, 0.15) is 0 Å². The summed E-state index contributed by atoms with van der Waals surface area (Å²) < 4.78 is 0. The lowest BCUT2D eigenvalue weighted by Gasteiger charge is -2.25. The molecule has 0 radical (unpaired) electrons. The van der Waals surface area contributed by atoms with E-state index in [1.165, 1.54) is 10.9 Å². The number of aromatic nitrogens is 1. The van der Waals surface area contributed by atoms with Crippen LogP contribution in [0.1, 0.15) is 44.0 Å². The zero-order valence-corrected chi connectivity index (χ0v) is 12.0. The molecule has 1 heterocycles. The molecule has 0 fully saturated rings. The third-order valence-corrected chi connectivity index (χ3v) is 3.91. The Bertz CT molecular complexity index is 547. The predicted octanol–water partition coefficient (Wildman–Crippen LogP) is 3.48. The number of nitrogens with zero attached hydrogens (tertiary/aromatic N) is 1. The second-order valence-electron chi connectivity index (χ2n) is 5.13. The SMILES string of the molecule is CCC(CC)C(NN)c1ccc2nc(C)ccc2c1. The fourth-order valence-electron chi connectivity index (χ4n) is 2.70. The monoisotopic (exact) mass is 257 g/mol. The summed E-state index contributed by atoms with van der Waals surface area (Å²) in [5.74, 6) is 6.32. The van der Waals surface area contributed by atoms with Gasteiger partial charge in [-0.2, -0.15) is 0 Å². The zero-order chi connectivity index (χ0) is 13.8. The smallest absolute Gasteiger partial charge is 0.0705 e. The van der Waals surface area contributed by atoms with E-state index in [-0.39, 0.29) is 6.04 Å². The van der Waals surface area contributed by atoms with E-state index in [1.54, 1.807) is 0 Å². The molecule has 3 N–H and O–H groups in total. The summed E-state index contributed by atoms with van der Waals surface area (Å²) in [5.41, 5.74) is 6.32. The van der Waals surface area contributed by atoms with Crippen LogP contribution in [-0.4, -0.2) is 4.98 Å². The maximum Gasteiger partial charge on any atom is 0.0705 e. The van der Waals surface area contributed by atoms with Crippen molar-refractivity contribution in [3.63, 3.8) is 0 Å². The third kappa shape index (κ3) is 2.94. The lowest BCUT2D eigenvalue weighted by atomic mass is 9.89. The van der Waals surface area contributed by atoms with Gasteiger partial charge < -0.3 is 0 Å². The molecule has 3 nitrogen and oxygen atoms in total. The molecule has 0 saturated heterocycles. The van der Waals surface area contributed by atoms with Crippen LogP contribution >= 0.6 is 0 Å². The number of hydrogen-bond donors (Lipinski definition) is 2. The summed E-state index contributed by atoms with van der Waals surface area (Å²) in [4.78, 5) is 4.54. The summed E-state index contributed by atoms with van der Waals surface area (Å²) in [7, 11) is 0. The first-order chi connectivity index (χ1) is 9.19. The van der Waals surface area contributed by atoms with Gasteiger partial charge in [0.25, 0.3) is 0 Å². The highest BCUT2D eigenvalue weighted by atomic mass is 15.2. The molecule has 0 bridgehead atoms. The molecule has 1 unspecified atom stereocenters. The Hall–Kier alpha value is -1.45. The van der Waals surface area contributed by atoms with Gasteiger partial charge in [-0.3, -0.25) is 16.3 Å². The molecule has 3 heteroatoms. The Balaban J connectivity index is 2.41. The van der Waals surface area contributed by atoms with Crippen LogP contribution in [0.15, 0.2) is 30.3 Å². The van der Waals surface area contributed by atoms with E-state index in [0.717, 1.165) is 24.1 Å². The van der Waals surface area contributed by atoms with Crippen molar-refractivity contribution in [3.8, 4) is 0 Å². The number of nitrogens with one attached hydrogen (secondary N) is 1. The van der Waals surface area contributed by atoms with E-state index < -0.39 is 0 Å². The van der Waals surface area contributed by atoms with E-state index in [0.29, 0.717) is 5.92 Å². The molecule has 102 valence electrons. The van der Waals surface area contributed by atoms with Crippen molar-refractivity contribution in [1.29, 1.82) is 0 Å². The predicted molar refractivity (Wildman–Crippen MR) is 80.6 cm³/mol. The molecule has 0 amide bonds. The minimum atomic E-state index is 0.209. The number of aryl methyl sites for hydroxylation is 1. The Kier molecular flexibility index (Phi) is 4.51. The minimum Gasteiger partial charge on any atom is -0.271 e. The summed E-state index contributed by atoms with van der Waals surface area (Å²) in [6, 6.07) is 10.8. The van der Waals surface area contributed by atoms with Crippen molar-refractivity contribution in [1.82, 2.24) is 10.4 Å². The molecule has 2 rings (SSSR count). The second kappa shape index (κ2) is 6.13. The van der Waals surface area contributed by atoms with E-state index in [1.807, 2.05) is 13.0 Å². The van der Waals surface area contributed by atoms with E-state index in [4.69, 9.17) is 5.84 Å². The van der Waals surface area contributed by atoms with Gasteiger partial charge in [-0.1, -0.05) is 38.8 Å². The molecule has 0 aliphatic carbocycles. The van der Waals surface area contributed by atoms with Gasteiger partial charge in [0.2, 0.25) is 0 Å². The maximum absolute atomic E-state index is 5.76. The molecule has 0 saturated carbocycles. The summed E-state index contributed by atoms with van der Waals surface area (Å²) in [6.45, 7) is 6.44. The number of rotatable bonds is 5. The number of nitrogens with two attached hydrogens (primary N) is 1. The summed E-state index contributed by atoms with van der Waals surface area (Å²) in [5, 5.41) is 1.18. The van der Waals surface area contributed by atoms with Crippen LogP contribution in [0.4, 0.5) is 0 Å². The number of benzene rings is 1. The Morgan fingerprint density at radius 1 is 1.16 bits per heavy atom. The molecule has 1 aromatic heterocycles. The van der Waals surface area contributed by atoms with Crippen LogP contribution in [0.5, 0.6) is 0 Å². The Morgan fingerprint density at radius 3 is 2.53 bits per heavy atom. The van der Waals surface area contributed by atoms with Gasteiger partial charge in [-0.15, -0.1) is 0 Å². The molecule has 0 spiro atoms. The van der Waals surface area contributed by atoms with Crippen LogP contribution in [-0.2, 0) is 0 Å². The van der Waals surface area contributed by atoms with Crippen LogP contribution in [0.3, 0.4) is 0 Å². The zero-order valence-electron chi connectivity index (χ0n) is 12.0. The van der Waals surface area contributed by atoms with Gasteiger partial charge in [-0.25, -0.2) is 0 Å². The first kappa shape index (κ1) is 14.0. The topological polar surface area (TPSA) is 50.9 Å². The fourth-order valence-corrected chi connectivity index (χ4v) is 2.70. The van der Waals surface area contributed by atoms with Gasteiger partial charge in [-0.05, 0) is 36.6 Å². The number of fused-ring (bicyclic) bond motifs is 1. The van der Waals surface area contributed by atoms with Crippen molar-refractivity contribution in [3.05, 3.63) is 41.6 Å². The van der Waals surface area contributed by atoms with Crippen LogP contribution in [0.2, 0.25) is 0 Å². The molecule has 0 aliphatic heterocycles. The van der Waals surface area contributed by atoms with E-state index in [2.05, 4.69) is 48.5 Å². The average molecular weight is 257 g/mol. The van der Waals surface area contributed by atoms with E-state index >= 15 is 0 Å². The second-order valence-corrected chi connectivity index (χ2v) is 5.13. The van der Waals surface area contributed by atoms with Gasteiger partial charge in [0.15, 0.2) is 0 Å². The first-order valence-electron chi connectivity index (χ1n) is 7.03. The first-order valence-corrected chi connectivity index (χ1v) is 7.03. The fraction of sp³-hybridized carbons (Fsp3) is 0.438. The summed E-state index contributed by atoms with van der Waals surface area (Å²) >= 11 is 0. The number of hydrazine groups is 1. The molecule has 1 atom stereocenters. The normalized spacial score (nSPS) is 13.1. The van der Waals surface area contributed by atoms with Crippen molar-refractivity contribution in [2.45, 2.75) is 39.7 Å². The molecular weight excluding hydrogens is 234 g/mol. The summed E-state index contributed by atoms with van der Waals surface area (Å²) in [6.07, 6.45) is 2.24. The van der Waals surface area contributed by atoms with Crippen LogP contribution in [0, 0.1) is 12.8 Å². The van der Waals surface area contributed by atoms with Gasteiger partial charge >= 0.3 is 0 Å². The quantitative estimate of drug-likeness (QED) is 0.637. The molecular formula is C16H23N3. The highest BCUT2D eigenvalue weighted by Gasteiger charge is 2.19. The van der Waals surface area contributed by atoms with Crippen LogP contribution in [0.25, 0.3) is 10.9 Å². The highest BCUT2D eigenvalue weighted by molar-refractivity contribution is 5.79. The average Bonchev–Trinajstić information content (AvgIpc) is 2.44. The largest absolute Gasteiger partial charge is 0.271 e. The van der Waals surface area contributed by atoms with Gasteiger partial charge in [0.05, 0.1) is 5.52 Å². The standard InChI is InChI=1S/C16H23N3/c1-4-12(5-2)16(19-17)14-8-9-15-13(10-14)7-6-11(3)18-15/h6-10,12,16,19H,4-5,17H2,1-3H3. The van der Waals surface area contributed by atoms with Crippen LogP contribution < -0.4 is 11.3 Å². The Labute approximate surface area is 115 Å². The molecule has 1 aromatic carbocycles. The minimum absolute atomic E-state index is 0.209. The van der Waals surface area contributed by atoms with E-state index in [9.17, 15) is 0 Å². The number of hydrogen-bond acceptors (Lipinski definition) is 3. The van der Waals surface area contributed by atoms with Crippen molar-refractivity contribution >= 4 is 10.9 Å². The molecule has 0 aliphatic rings.